The number of benzene rings is 2. The number of carbonyl (C=O) groups is 1. The first-order valence-corrected chi connectivity index (χ1v) is 10.1. The number of hydrogen-bond donors (Lipinski definition) is 1. The zero-order valence-corrected chi connectivity index (χ0v) is 17.9. The first-order chi connectivity index (χ1) is 16.1. The van der Waals surface area contributed by atoms with E-state index in [1.807, 2.05) is 36.4 Å². The number of anilines is 1. The minimum absolute atomic E-state index is 0.249. The van der Waals surface area contributed by atoms with E-state index < -0.39 is 11.6 Å². The Kier molecular flexibility index (Phi) is 5.02. The van der Waals surface area contributed by atoms with Crippen molar-refractivity contribution in [2.45, 2.75) is 6.54 Å². The molecule has 0 aliphatic carbocycles. The molecule has 1 amide bonds. The van der Waals surface area contributed by atoms with Crippen LogP contribution in [0.5, 0.6) is 11.5 Å². The molecule has 33 heavy (non-hydrogen) atoms. The van der Waals surface area contributed by atoms with Crippen LogP contribution in [0.1, 0.15) is 0 Å². The van der Waals surface area contributed by atoms with E-state index in [1.54, 1.807) is 35.1 Å². The van der Waals surface area contributed by atoms with Gasteiger partial charge in [-0.15, -0.1) is 5.10 Å². The zero-order chi connectivity index (χ0) is 22.9. The number of amides is 1. The van der Waals surface area contributed by atoms with Crippen LogP contribution in [-0.4, -0.2) is 43.9 Å². The smallest absolute Gasteiger partial charge is 0.350 e. The predicted molar refractivity (Wildman–Crippen MR) is 122 cm³/mol. The summed E-state index contributed by atoms with van der Waals surface area (Å²) in [5, 5.41) is 11.7. The first-order valence-electron chi connectivity index (χ1n) is 10.1. The lowest BCUT2D eigenvalue weighted by Gasteiger charge is -2.10. The maximum Gasteiger partial charge on any atom is 0.350 e. The summed E-state index contributed by atoms with van der Waals surface area (Å²) in [5.41, 5.74) is 2.88. The largest absolute Gasteiger partial charge is 0.493 e. The van der Waals surface area contributed by atoms with Gasteiger partial charge in [0.25, 0.3) is 0 Å². The van der Waals surface area contributed by atoms with Gasteiger partial charge >= 0.3 is 5.69 Å². The molecule has 5 rings (SSSR count). The summed E-state index contributed by atoms with van der Waals surface area (Å²) in [6, 6.07) is 16.6. The van der Waals surface area contributed by atoms with E-state index in [2.05, 4.69) is 15.5 Å². The van der Waals surface area contributed by atoms with Crippen molar-refractivity contribution in [3.8, 4) is 22.8 Å². The van der Waals surface area contributed by atoms with Crippen molar-refractivity contribution in [1.29, 1.82) is 0 Å². The summed E-state index contributed by atoms with van der Waals surface area (Å²) in [5.74, 6) is 0.631. The highest BCUT2D eigenvalue weighted by molar-refractivity contribution is 5.91. The van der Waals surface area contributed by atoms with Crippen molar-refractivity contribution >= 4 is 22.8 Å². The molecule has 5 aromatic rings. The summed E-state index contributed by atoms with van der Waals surface area (Å²) in [7, 11) is 3.05. The number of aromatic nitrogens is 5. The molecule has 0 saturated carbocycles. The molecule has 3 heterocycles. The lowest BCUT2D eigenvalue weighted by molar-refractivity contribution is -0.117. The summed E-state index contributed by atoms with van der Waals surface area (Å²) < 4.78 is 14.6. The molecule has 0 fully saturated rings. The minimum atomic E-state index is -0.419. The van der Waals surface area contributed by atoms with Gasteiger partial charge in [0.2, 0.25) is 5.91 Å². The molecule has 3 aromatic heterocycles. The normalized spacial score (nSPS) is 11.1. The predicted octanol–water partition coefficient (Wildman–Crippen LogP) is 2.47. The van der Waals surface area contributed by atoms with Crippen molar-refractivity contribution < 1.29 is 14.3 Å². The fourth-order valence-electron chi connectivity index (χ4n) is 3.64. The number of fused-ring (bicyclic) bond motifs is 3. The van der Waals surface area contributed by atoms with Crippen LogP contribution in [0.3, 0.4) is 0 Å². The Labute approximate surface area is 187 Å². The van der Waals surface area contributed by atoms with Gasteiger partial charge in [0.05, 0.1) is 19.9 Å². The van der Waals surface area contributed by atoms with Crippen LogP contribution in [0.4, 0.5) is 5.69 Å². The van der Waals surface area contributed by atoms with Gasteiger partial charge in [-0.25, -0.2) is 18.4 Å². The average Bonchev–Trinajstić information content (AvgIpc) is 3.41. The third-order valence-corrected chi connectivity index (χ3v) is 5.22. The van der Waals surface area contributed by atoms with Gasteiger partial charge in [-0.05, 0) is 18.2 Å². The highest BCUT2D eigenvalue weighted by atomic mass is 16.5. The van der Waals surface area contributed by atoms with Crippen LogP contribution in [0.15, 0.2) is 71.8 Å². The molecule has 10 nitrogen and oxygen atoms in total. The van der Waals surface area contributed by atoms with Crippen LogP contribution < -0.4 is 20.5 Å². The van der Waals surface area contributed by atoms with Gasteiger partial charge in [0, 0.05) is 29.7 Å². The highest BCUT2D eigenvalue weighted by Gasteiger charge is 2.16. The monoisotopic (exact) mass is 444 g/mol. The second-order valence-electron chi connectivity index (χ2n) is 7.28. The summed E-state index contributed by atoms with van der Waals surface area (Å²) in [6.07, 6.45) is 3.27. The summed E-state index contributed by atoms with van der Waals surface area (Å²) in [6.45, 7) is -0.249. The van der Waals surface area contributed by atoms with Gasteiger partial charge in [0.15, 0.2) is 17.1 Å². The van der Waals surface area contributed by atoms with E-state index in [0.29, 0.717) is 28.4 Å². The molecule has 0 bridgehead atoms. The van der Waals surface area contributed by atoms with Crippen LogP contribution in [0.25, 0.3) is 22.4 Å². The average molecular weight is 444 g/mol. The summed E-state index contributed by atoms with van der Waals surface area (Å²) in [4.78, 5) is 25.4. The van der Waals surface area contributed by atoms with Gasteiger partial charge < -0.3 is 14.8 Å². The van der Waals surface area contributed by atoms with Crippen LogP contribution in [-0.2, 0) is 11.3 Å². The molecule has 0 saturated heterocycles. The number of hydrogen-bond acceptors (Lipinski definition) is 6. The van der Waals surface area contributed by atoms with Crippen molar-refractivity contribution in [1.82, 2.24) is 23.8 Å². The highest BCUT2D eigenvalue weighted by Crippen LogP contribution is 2.29. The lowest BCUT2D eigenvalue weighted by atomic mass is 10.1. The van der Waals surface area contributed by atoms with Crippen molar-refractivity contribution in [3.63, 3.8) is 0 Å². The van der Waals surface area contributed by atoms with Gasteiger partial charge in [0.1, 0.15) is 12.1 Å². The first kappa shape index (κ1) is 20.3. The van der Waals surface area contributed by atoms with E-state index in [-0.39, 0.29) is 6.54 Å². The minimum Gasteiger partial charge on any atom is -0.493 e. The van der Waals surface area contributed by atoms with Gasteiger partial charge in [-0.1, -0.05) is 30.3 Å². The maximum absolute atomic E-state index is 12.8. The standard InChI is InChI=1S/C23H20N6O4/c1-32-19-9-8-16(12-20(19)33-2)24-21(30)14-29-23(31)27-10-11-28-18(22(27)26-29)13-17(25-28)15-6-4-3-5-7-15/h3-13H,14H2,1-2H3,(H,24,30). The molecular weight excluding hydrogens is 424 g/mol. The SMILES string of the molecule is COc1ccc(NC(=O)Cn2nc3c4cc(-c5ccccc5)nn4ccn3c2=O)cc1OC. The van der Waals surface area contributed by atoms with E-state index >= 15 is 0 Å². The molecule has 0 aliphatic heterocycles. The number of nitrogens with one attached hydrogen (secondary N) is 1. The molecule has 0 aliphatic rings. The van der Waals surface area contributed by atoms with E-state index in [9.17, 15) is 9.59 Å². The summed E-state index contributed by atoms with van der Waals surface area (Å²) >= 11 is 0. The Balaban J connectivity index is 1.44. The Morgan fingerprint density at radius 2 is 1.76 bits per heavy atom. The number of carbonyl (C=O) groups excluding carboxylic acids is 1. The molecule has 10 heteroatoms. The Bertz CT molecular complexity index is 1530. The second kappa shape index (κ2) is 8.15. The zero-order valence-electron chi connectivity index (χ0n) is 17.9. The molecule has 2 aromatic carbocycles. The van der Waals surface area contributed by atoms with Crippen molar-refractivity contribution in [2.24, 2.45) is 0 Å². The lowest BCUT2D eigenvalue weighted by Crippen LogP contribution is -2.28. The Morgan fingerprint density at radius 1 is 0.970 bits per heavy atom. The fraction of sp³-hybridized carbons (Fsp3) is 0.130. The van der Waals surface area contributed by atoms with E-state index in [0.717, 1.165) is 15.9 Å². The Morgan fingerprint density at radius 3 is 2.52 bits per heavy atom. The molecule has 1 N–H and O–H groups in total. The molecular formula is C23H20N6O4. The topological polar surface area (TPSA) is 104 Å². The fourth-order valence-corrected chi connectivity index (χ4v) is 3.64. The van der Waals surface area contributed by atoms with E-state index in [1.165, 1.54) is 18.6 Å². The van der Waals surface area contributed by atoms with Crippen LogP contribution in [0, 0.1) is 0 Å². The number of rotatable bonds is 6. The Hall–Kier alpha value is -4.60. The number of ether oxygens (including phenoxy) is 2. The van der Waals surface area contributed by atoms with Crippen molar-refractivity contribution in [2.75, 3.05) is 19.5 Å². The molecule has 166 valence electrons. The second-order valence-corrected chi connectivity index (χ2v) is 7.28. The number of nitrogens with zero attached hydrogens (tertiary/aromatic N) is 5. The van der Waals surface area contributed by atoms with Crippen LogP contribution >= 0.6 is 0 Å². The van der Waals surface area contributed by atoms with Gasteiger partial charge in [-0.2, -0.15) is 5.10 Å². The third kappa shape index (κ3) is 3.67. The number of methoxy groups -OCH3 is 2. The van der Waals surface area contributed by atoms with Crippen LogP contribution in [0.2, 0.25) is 0 Å². The van der Waals surface area contributed by atoms with Gasteiger partial charge in [-0.3, -0.25) is 4.79 Å². The molecule has 0 unspecified atom stereocenters. The molecule has 0 radical (unpaired) electrons. The molecule has 0 atom stereocenters. The molecule has 0 spiro atoms. The third-order valence-electron chi connectivity index (χ3n) is 5.22. The van der Waals surface area contributed by atoms with Crippen molar-refractivity contribution in [3.05, 3.63) is 77.5 Å². The quantitative estimate of drug-likeness (QED) is 0.432. The maximum atomic E-state index is 12.8. The van der Waals surface area contributed by atoms with E-state index in [4.69, 9.17) is 9.47 Å².